The summed E-state index contributed by atoms with van der Waals surface area (Å²) in [5.41, 5.74) is -4.86. The summed E-state index contributed by atoms with van der Waals surface area (Å²) in [7, 11) is 0. The van der Waals surface area contributed by atoms with E-state index in [-0.39, 0.29) is 5.02 Å². The number of rotatable bonds is 2. The van der Waals surface area contributed by atoms with E-state index in [1.165, 1.54) is 24.3 Å². The Balaban J connectivity index is 2.74. The monoisotopic (exact) mass is 304 g/mol. The van der Waals surface area contributed by atoms with Gasteiger partial charge in [0.2, 0.25) is 5.60 Å². The predicted molar refractivity (Wildman–Crippen MR) is 66.9 cm³/mol. The van der Waals surface area contributed by atoms with Crippen LogP contribution in [0.1, 0.15) is 11.1 Å². The molecule has 0 fully saturated rings. The van der Waals surface area contributed by atoms with Crippen molar-refractivity contribution in [3.8, 4) is 0 Å². The van der Waals surface area contributed by atoms with Gasteiger partial charge in [-0.2, -0.15) is 13.2 Å². The lowest BCUT2D eigenvalue weighted by Gasteiger charge is -2.31. The molecule has 0 saturated heterocycles. The van der Waals surface area contributed by atoms with Gasteiger partial charge >= 0.3 is 6.18 Å². The zero-order valence-corrected chi connectivity index (χ0v) is 10.7. The summed E-state index contributed by atoms with van der Waals surface area (Å²) in [5, 5.41) is 10.2. The standard InChI is InChI=1S/C14H9ClF4O/c15-10-5-3-4-9(8-10)13(20,14(17,18)19)11-6-1-2-7-12(11)16/h1-8,20H. The highest BCUT2D eigenvalue weighted by Crippen LogP contribution is 2.45. The molecule has 0 bridgehead atoms. The molecule has 0 saturated carbocycles. The minimum atomic E-state index is -5.10. The summed E-state index contributed by atoms with van der Waals surface area (Å²) in [6.07, 6.45) is -5.10. The molecule has 106 valence electrons. The van der Waals surface area contributed by atoms with Crippen molar-refractivity contribution in [3.05, 3.63) is 70.5 Å². The van der Waals surface area contributed by atoms with Gasteiger partial charge in [0.15, 0.2) is 0 Å². The van der Waals surface area contributed by atoms with Gasteiger partial charge in [-0.25, -0.2) is 4.39 Å². The second-order valence-corrected chi connectivity index (χ2v) is 4.63. The molecular weight excluding hydrogens is 296 g/mol. The summed E-state index contributed by atoms with van der Waals surface area (Å²) in [5.74, 6) is -1.15. The number of halogens is 5. The zero-order chi connectivity index (χ0) is 15.0. The van der Waals surface area contributed by atoms with E-state index in [9.17, 15) is 22.7 Å². The maximum absolute atomic E-state index is 13.7. The average molecular weight is 305 g/mol. The Kier molecular flexibility index (Phi) is 3.75. The van der Waals surface area contributed by atoms with Crippen LogP contribution in [0.3, 0.4) is 0 Å². The molecule has 1 unspecified atom stereocenters. The van der Waals surface area contributed by atoms with Crippen LogP contribution in [-0.2, 0) is 5.60 Å². The van der Waals surface area contributed by atoms with E-state index < -0.39 is 28.7 Å². The van der Waals surface area contributed by atoms with Crippen LogP contribution in [0.4, 0.5) is 17.6 Å². The van der Waals surface area contributed by atoms with Crippen molar-refractivity contribution in [3.63, 3.8) is 0 Å². The Morgan fingerprint density at radius 2 is 1.60 bits per heavy atom. The molecule has 1 N–H and O–H groups in total. The van der Waals surface area contributed by atoms with E-state index in [1.54, 1.807) is 0 Å². The first-order valence-corrected chi connectivity index (χ1v) is 5.95. The van der Waals surface area contributed by atoms with Crippen molar-refractivity contribution in [2.45, 2.75) is 11.8 Å². The summed E-state index contributed by atoms with van der Waals surface area (Å²) in [6, 6.07) is 8.85. The molecule has 1 atom stereocenters. The molecule has 0 heterocycles. The van der Waals surface area contributed by atoms with Gasteiger partial charge in [0.05, 0.1) is 0 Å². The predicted octanol–water partition coefficient (Wildman–Crippen LogP) is 4.28. The molecule has 0 aliphatic rings. The van der Waals surface area contributed by atoms with E-state index >= 15 is 0 Å². The first kappa shape index (κ1) is 14.8. The minimum absolute atomic E-state index is 0.0153. The first-order valence-electron chi connectivity index (χ1n) is 5.57. The molecule has 1 nitrogen and oxygen atoms in total. The van der Waals surface area contributed by atoms with E-state index in [0.717, 1.165) is 24.3 Å². The molecule has 0 aliphatic heterocycles. The number of alkyl halides is 3. The van der Waals surface area contributed by atoms with Crippen LogP contribution in [0.25, 0.3) is 0 Å². The first-order chi connectivity index (χ1) is 9.26. The Labute approximate surface area is 117 Å². The Morgan fingerprint density at radius 1 is 0.950 bits per heavy atom. The molecule has 2 aromatic carbocycles. The summed E-state index contributed by atoms with van der Waals surface area (Å²) in [4.78, 5) is 0. The van der Waals surface area contributed by atoms with E-state index in [4.69, 9.17) is 11.6 Å². The third kappa shape index (κ3) is 2.39. The van der Waals surface area contributed by atoms with Crippen LogP contribution in [0.5, 0.6) is 0 Å². The third-order valence-corrected chi connectivity index (χ3v) is 3.15. The number of hydrogen-bond donors (Lipinski definition) is 1. The molecule has 0 aliphatic carbocycles. The largest absolute Gasteiger partial charge is 0.425 e. The van der Waals surface area contributed by atoms with E-state index in [2.05, 4.69) is 0 Å². The zero-order valence-electron chi connectivity index (χ0n) is 9.96. The van der Waals surface area contributed by atoms with Gasteiger partial charge in [-0.3, -0.25) is 0 Å². The number of aliphatic hydroxyl groups is 1. The van der Waals surface area contributed by atoms with Gasteiger partial charge in [-0.1, -0.05) is 41.9 Å². The fourth-order valence-electron chi connectivity index (χ4n) is 1.94. The lowest BCUT2D eigenvalue weighted by atomic mass is 9.85. The quantitative estimate of drug-likeness (QED) is 0.821. The highest BCUT2D eigenvalue weighted by atomic mass is 35.5. The second-order valence-electron chi connectivity index (χ2n) is 4.20. The van der Waals surface area contributed by atoms with Crippen LogP contribution in [0, 0.1) is 5.82 Å². The molecule has 0 aromatic heterocycles. The van der Waals surface area contributed by atoms with Gasteiger partial charge in [0, 0.05) is 10.6 Å². The highest BCUT2D eigenvalue weighted by molar-refractivity contribution is 6.30. The fourth-order valence-corrected chi connectivity index (χ4v) is 2.13. The van der Waals surface area contributed by atoms with Gasteiger partial charge in [-0.05, 0) is 23.8 Å². The van der Waals surface area contributed by atoms with E-state index in [1.807, 2.05) is 0 Å². The summed E-state index contributed by atoms with van der Waals surface area (Å²) < 4.78 is 53.7. The van der Waals surface area contributed by atoms with Crippen LogP contribution >= 0.6 is 11.6 Å². The molecule has 2 aromatic rings. The molecule has 2 rings (SSSR count). The van der Waals surface area contributed by atoms with Gasteiger partial charge < -0.3 is 5.11 Å². The normalized spacial score (nSPS) is 14.9. The topological polar surface area (TPSA) is 20.2 Å². The van der Waals surface area contributed by atoms with Gasteiger partial charge in [-0.15, -0.1) is 0 Å². The van der Waals surface area contributed by atoms with Crippen molar-refractivity contribution >= 4 is 11.6 Å². The van der Waals surface area contributed by atoms with Crippen LogP contribution < -0.4 is 0 Å². The van der Waals surface area contributed by atoms with Crippen molar-refractivity contribution in [2.75, 3.05) is 0 Å². The van der Waals surface area contributed by atoms with Crippen LogP contribution in [-0.4, -0.2) is 11.3 Å². The molecule has 0 spiro atoms. The Morgan fingerprint density at radius 3 is 2.15 bits per heavy atom. The molecular formula is C14H9ClF4O. The molecule has 6 heteroatoms. The van der Waals surface area contributed by atoms with Gasteiger partial charge in [0.25, 0.3) is 0 Å². The average Bonchev–Trinajstić information content (AvgIpc) is 2.37. The maximum Gasteiger partial charge on any atom is 0.425 e. The number of benzene rings is 2. The molecule has 0 amide bonds. The molecule has 20 heavy (non-hydrogen) atoms. The molecule has 0 radical (unpaired) electrons. The SMILES string of the molecule is OC(c1cccc(Cl)c1)(c1ccccc1F)C(F)(F)F. The lowest BCUT2D eigenvalue weighted by Crippen LogP contribution is -2.44. The van der Waals surface area contributed by atoms with Crippen LogP contribution in [0.15, 0.2) is 48.5 Å². The van der Waals surface area contributed by atoms with Crippen molar-refractivity contribution in [2.24, 2.45) is 0 Å². The van der Waals surface area contributed by atoms with Crippen molar-refractivity contribution in [1.29, 1.82) is 0 Å². The van der Waals surface area contributed by atoms with Crippen molar-refractivity contribution in [1.82, 2.24) is 0 Å². The summed E-state index contributed by atoms with van der Waals surface area (Å²) >= 11 is 5.66. The summed E-state index contributed by atoms with van der Waals surface area (Å²) in [6.45, 7) is 0. The second kappa shape index (κ2) is 5.07. The lowest BCUT2D eigenvalue weighted by molar-refractivity contribution is -0.249. The third-order valence-electron chi connectivity index (χ3n) is 2.92. The fraction of sp³-hybridized carbons (Fsp3) is 0.143. The Bertz CT molecular complexity index is 627. The maximum atomic E-state index is 13.7. The minimum Gasteiger partial charge on any atom is -0.372 e. The Hall–Kier alpha value is -1.59. The van der Waals surface area contributed by atoms with E-state index in [0.29, 0.717) is 0 Å². The highest BCUT2D eigenvalue weighted by Gasteiger charge is 2.57. The van der Waals surface area contributed by atoms with Crippen LogP contribution in [0.2, 0.25) is 5.02 Å². The smallest absolute Gasteiger partial charge is 0.372 e. The van der Waals surface area contributed by atoms with Gasteiger partial charge in [0.1, 0.15) is 5.82 Å². The van der Waals surface area contributed by atoms with Crippen molar-refractivity contribution < 1.29 is 22.7 Å². The number of hydrogen-bond acceptors (Lipinski definition) is 1.